The van der Waals surface area contributed by atoms with E-state index in [0.29, 0.717) is 6.61 Å². The van der Waals surface area contributed by atoms with Crippen molar-refractivity contribution >= 4 is 5.97 Å². The molecule has 0 aromatic rings. The number of hydrogen-bond donors (Lipinski definition) is 1. The molecule has 96 valence electrons. The lowest BCUT2D eigenvalue weighted by Gasteiger charge is -2.11. The van der Waals surface area contributed by atoms with Crippen LogP contribution in [-0.4, -0.2) is 37.0 Å². The average molecular weight is 240 g/mol. The van der Waals surface area contributed by atoms with Gasteiger partial charge in [-0.25, -0.2) is 4.79 Å². The Hall–Kier alpha value is -0.750. The van der Waals surface area contributed by atoms with Crippen LogP contribution in [-0.2, 0) is 14.3 Å². The first-order valence-corrected chi connectivity index (χ1v) is 5.33. The summed E-state index contributed by atoms with van der Waals surface area (Å²) < 4.78 is 33.6. The fraction of sp³-hybridized carbons (Fsp3) is 0.900. The molecule has 0 bridgehead atoms. The summed E-state index contributed by atoms with van der Waals surface area (Å²) in [7, 11) is 0. The molecule has 16 heavy (non-hydrogen) atoms. The first kappa shape index (κ1) is 15.2. The summed E-state index contributed by atoms with van der Waals surface area (Å²) >= 11 is 0. The van der Waals surface area contributed by atoms with Gasteiger partial charge in [0, 0.05) is 6.61 Å². The van der Waals surface area contributed by atoms with E-state index in [1.807, 2.05) is 0 Å². The molecule has 1 N–H and O–H groups in total. The maximum Gasteiger partial charge on any atom is 0.456 e. The summed E-state index contributed by atoms with van der Waals surface area (Å²) in [5, 5.41) is 8.03. The van der Waals surface area contributed by atoms with Gasteiger partial charge < -0.3 is 14.6 Å². The molecule has 0 atom stereocenters. The predicted molar refractivity (Wildman–Crippen MR) is 53.5 cm³/mol. The third-order valence-corrected chi connectivity index (χ3v) is 1.90. The second-order valence-electron chi connectivity index (χ2n) is 3.34. The summed E-state index contributed by atoms with van der Waals surface area (Å²) in [4.78, 5) is 9.94. The molecule has 0 unspecified atom stereocenters. The number of carboxylic acids is 1. The van der Waals surface area contributed by atoms with Gasteiger partial charge >= 0.3 is 12.1 Å². The lowest BCUT2D eigenvalue weighted by atomic mass is 10.2. The number of rotatable bonds is 10. The zero-order chi connectivity index (χ0) is 12.4. The monoisotopic (exact) mass is 240 g/mol. The molecule has 6 heteroatoms. The zero-order valence-electron chi connectivity index (χ0n) is 9.38. The first-order chi connectivity index (χ1) is 7.50. The second kappa shape index (κ2) is 8.41. The second-order valence-corrected chi connectivity index (χ2v) is 3.34. The lowest BCUT2D eigenvalue weighted by Crippen LogP contribution is -2.32. The molecular weight excluding hydrogens is 222 g/mol. The van der Waals surface area contributed by atoms with Gasteiger partial charge in [0.15, 0.2) is 0 Å². The van der Waals surface area contributed by atoms with Crippen LogP contribution in [0.4, 0.5) is 8.78 Å². The fourth-order valence-corrected chi connectivity index (χ4v) is 1.02. The van der Waals surface area contributed by atoms with Crippen LogP contribution in [0.1, 0.15) is 32.6 Å². The molecule has 0 aromatic heterocycles. The summed E-state index contributed by atoms with van der Waals surface area (Å²) in [6, 6.07) is 0. The minimum Gasteiger partial charge on any atom is -0.475 e. The molecule has 0 aromatic carbocycles. The minimum absolute atomic E-state index is 0.0189. The topological polar surface area (TPSA) is 55.8 Å². The molecule has 0 fully saturated rings. The van der Waals surface area contributed by atoms with Gasteiger partial charge in [0.1, 0.15) is 0 Å². The zero-order valence-corrected chi connectivity index (χ0v) is 9.38. The van der Waals surface area contributed by atoms with Crippen molar-refractivity contribution in [2.75, 3.05) is 19.8 Å². The first-order valence-electron chi connectivity index (χ1n) is 5.33. The van der Waals surface area contributed by atoms with E-state index in [4.69, 9.17) is 9.84 Å². The number of aliphatic carboxylic acids is 1. The maximum absolute atomic E-state index is 12.3. The van der Waals surface area contributed by atoms with E-state index < -0.39 is 18.7 Å². The van der Waals surface area contributed by atoms with Crippen molar-refractivity contribution in [1.29, 1.82) is 0 Å². The summed E-state index contributed by atoms with van der Waals surface area (Å²) in [5.41, 5.74) is 0. The third kappa shape index (κ3) is 7.53. The van der Waals surface area contributed by atoms with Gasteiger partial charge in [-0.05, 0) is 6.42 Å². The maximum atomic E-state index is 12.3. The Balaban J connectivity index is 3.30. The Bertz CT molecular complexity index is 197. The standard InChI is InChI=1S/C10H18F2O4/c1-2-3-4-5-6-15-7-8-16-10(11,12)9(13)14/h2-8H2,1H3,(H,13,14). The highest BCUT2D eigenvalue weighted by atomic mass is 19.3. The molecule has 0 heterocycles. The SMILES string of the molecule is CCCCCCOCCOC(F)(F)C(=O)O. The molecular formula is C10H18F2O4. The van der Waals surface area contributed by atoms with Crippen molar-refractivity contribution in [2.45, 2.75) is 38.7 Å². The van der Waals surface area contributed by atoms with Crippen LogP contribution >= 0.6 is 0 Å². The number of halogens is 2. The molecule has 0 saturated carbocycles. The third-order valence-electron chi connectivity index (χ3n) is 1.90. The Labute approximate surface area is 93.5 Å². The van der Waals surface area contributed by atoms with Gasteiger partial charge in [-0.1, -0.05) is 26.2 Å². The van der Waals surface area contributed by atoms with Gasteiger partial charge in [-0.2, -0.15) is 8.78 Å². The predicted octanol–water partition coefficient (Wildman–Crippen LogP) is 2.28. The van der Waals surface area contributed by atoms with Crippen LogP contribution in [0.25, 0.3) is 0 Å². The Kier molecular flexibility index (Phi) is 8.01. The van der Waals surface area contributed by atoms with E-state index in [9.17, 15) is 13.6 Å². The van der Waals surface area contributed by atoms with Gasteiger partial charge in [-0.3, -0.25) is 0 Å². The summed E-state index contributed by atoms with van der Waals surface area (Å²) in [6.07, 6.45) is 0.0439. The van der Waals surface area contributed by atoms with Gasteiger partial charge in [0.2, 0.25) is 0 Å². The van der Waals surface area contributed by atoms with Crippen molar-refractivity contribution in [3.05, 3.63) is 0 Å². The fourth-order valence-electron chi connectivity index (χ4n) is 1.02. The molecule has 0 aliphatic carbocycles. The van der Waals surface area contributed by atoms with Crippen LogP contribution in [0, 0.1) is 0 Å². The number of carboxylic acid groups (broad SMARTS) is 1. The molecule has 0 aliphatic heterocycles. The highest BCUT2D eigenvalue weighted by Gasteiger charge is 2.40. The van der Waals surface area contributed by atoms with Crippen LogP contribution in [0.2, 0.25) is 0 Å². The average Bonchev–Trinajstić information content (AvgIpc) is 2.21. The van der Waals surface area contributed by atoms with Gasteiger partial charge in [-0.15, -0.1) is 0 Å². The van der Waals surface area contributed by atoms with Crippen molar-refractivity contribution in [2.24, 2.45) is 0 Å². The Morgan fingerprint density at radius 3 is 2.44 bits per heavy atom. The minimum atomic E-state index is -4.12. The van der Waals surface area contributed by atoms with E-state index in [1.165, 1.54) is 0 Å². The van der Waals surface area contributed by atoms with Crippen LogP contribution < -0.4 is 0 Å². The van der Waals surface area contributed by atoms with Crippen LogP contribution in [0.15, 0.2) is 0 Å². The van der Waals surface area contributed by atoms with E-state index >= 15 is 0 Å². The smallest absolute Gasteiger partial charge is 0.456 e. The number of unbranched alkanes of at least 4 members (excludes halogenated alkanes) is 3. The number of alkyl halides is 2. The molecule has 0 amide bonds. The van der Waals surface area contributed by atoms with Crippen molar-refractivity contribution in [1.82, 2.24) is 0 Å². The molecule has 0 rings (SSSR count). The normalized spacial score (nSPS) is 11.7. The quantitative estimate of drug-likeness (QED) is 0.595. The highest BCUT2D eigenvalue weighted by molar-refractivity contribution is 5.73. The van der Waals surface area contributed by atoms with E-state index in [0.717, 1.165) is 25.7 Å². The summed E-state index contributed by atoms with van der Waals surface area (Å²) in [6.45, 7) is 2.13. The van der Waals surface area contributed by atoms with E-state index in [-0.39, 0.29) is 6.61 Å². The Morgan fingerprint density at radius 1 is 1.19 bits per heavy atom. The molecule has 0 aliphatic rings. The van der Waals surface area contributed by atoms with E-state index in [2.05, 4.69) is 11.7 Å². The molecule has 0 spiro atoms. The van der Waals surface area contributed by atoms with Gasteiger partial charge in [0.05, 0.1) is 13.2 Å². The van der Waals surface area contributed by atoms with Crippen LogP contribution in [0.3, 0.4) is 0 Å². The summed E-state index contributed by atoms with van der Waals surface area (Å²) in [5.74, 6) is -2.28. The number of ether oxygens (including phenoxy) is 2. The van der Waals surface area contributed by atoms with Crippen molar-refractivity contribution < 1.29 is 28.2 Å². The lowest BCUT2D eigenvalue weighted by molar-refractivity contribution is -0.248. The molecule has 0 saturated heterocycles. The highest BCUT2D eigenvalue weighted by Crippen LogP contribution is 2.14. The van der Waals surface area contributed by atoms with E-state index in [1.54, 1.807) is 0 Å². The van der Waals surface area contributed by atoms with Crippen LogP contribution in [0.5, 0.6) is 0 Å². The van der Waals surface area contributed by atoms with Gasteiger partial charge in [0.25, 0.3) is 0 Å². The Morgan fingerprint density at radius 2 is 1.88 bits per heavy atom. The van der Waals surface area contributed by atoms with Crippen molar-refractivity contribution in [3.8, 4) is 0 Å². The largest absolute Gasteiger partial charge is 0.475 e. The molecule has 4 nitrogen and oxygen atoms in total. The number of hydrogen-bond acceptors (Lipinski definition) is 3. The van der Waals surface area contributed by atoms with Crippen molar-refractivity contribution in [3.63, 3.8) is 0 Å². The number of carbonyl (C=O) groups is 1. The molecule has 0 radical (unpaired) electrons.